The standard InChI is InChI=1S/C11H17N3/c1-9-4-2-3-7-14(9)11-5-6-13-8-10(11)12/h5-6,8-9H,2-4,7,12H2,1H3/t9-/m0/s1. The minimum Gasteiger partial charge on any atom is -0.396 e. The van der Waals surface area contributed by atoms with Crippen molar-refractivity contribution in [2.75, 3.05) is 17.2 Å². The molecule has 0 spiro atoms. The normalized spacial score (nSPS) is 22.4. The quantitative estimate of drug-likeness (QED) is 0.738. The van der Waals surface area contributed by atoms with Crippen molar-refractivity contribution in [3.05, 3.63) is 18.5 Å². The molecule has 76 valence electrons. The number of pyridine rings is 1. The molecule has 0 radical (unpaired) electrons. The Labute approximate surface area is 84.9 Å². The van der Waals surface area contributed by atoms with Gasteiger partial charge in [0.1, 0.15) is 0 Å². The summed E-state index contributed by atoms with van der Waals surface area (Å²) < 4.78 is 0. The molecule has 2 rings (SSSR count). The number of nitrogen functional groups attached to an aromatic ring is 1. The molecule has 1 aliphatic heterocycles. The number of aromatic nitrogens is 1. The molecule has 2 heterocycles. The van der Waals surface area contributed by atoms with Gasteiger partial charge in [-0.2, -0.15) is 0 Å². The number of nitrogens with zero attached hydrogens (tertiary/aromatic N) is 2. The lowest BCUT2D eigenvalue weighted by molar-refractivity contribution is 0.485. The Morgan fingerprint density at radius 2 is 2.36 bits per heavy atom. The molecule has 0 saturated carbocycles. The van der Waals surface area contributed by atoms with Crippen LogP contribution >= 0.6 is 0 Å². The van der Waals surface area contributed by atoms with Gasteiger partial charge in [0.05, 0.1) is 17.6 Å². The zero-order valence-electron chi connectivity index (χ0n) is 8.61. The summed E-state index contributed by atoms with van der Waals surface area (Å²) in [6, 6.07) is 2.62. The van der Waals surface area contributed by atoms with E-state index >= 15 is 0 Å². The molecule has 1 atom stereocenters. The molecule has 0 aliphatic carbocycles. The second-order valence-corrected chi connectivity index (χ2v) is 3.97. The van der Waals surface area contributed by atoms with E-state index in [9.17, 15) is 0 Å². The van der Waals surface area contributed by atoms with Gasteiger partial charge in [0.25, 0.3) is 0 Å². The monoisotopic (exact) mass is 191 g/mol. The summed E-state index contributed by atoms with van der Waals surface area (Å²) in [7, 11) is 0. The first-order valence-electron chi connectivity index (χ1n) is 5.25. The summed E-state index contributed by atoms with van der Waals surface area (Å²) in [5.41, 5.74) is 7.85. The van der Waals surface area contributed by atoms with E-state index in [1.807, 2.05) is 12.3 Å². The highest BCUT2D eigenvalue weighted by atomic mass is 15.2. The average Bonchev–Trinajstić information content (AvgIpc) is 2.20. The predicted octanol–water partition coefficient (Wildman–Crippen LogP) is 2.04. The third-order valence-electron chi connectivity index (χ3n) is 2.94. The highest BCUT2D eigenvalue weighted by Crippen LogP contribution is 2.28. The molecular formula is C11H17N3. The Kier molecular flexibility index (Phi) is 2.57. The summed E-state index contributed by atoms with van der Waals surface area (Å²) in [5, 5.41) is 0. The summed E-state index contributed by atoms with van der Waals surface area (Å²) >= 11 is 0. The highest BCUT2D eigenvalue weighted by Gasteiger charge is 2.19. The van der Waals surface area contributed by atoms with Crippen LogP contribution in [0.4, 0.5) is 11.4 Å². The van der Waals surface area contributed by atoms with E-state index in [0.717, 1.165) is 17.9 Å². The molecule has 1 aromatic heterocycles. The van der Waals surface area contributed by atoms with Crippen LogP contribution < -0.4 is 10.6 Å². The van der Waals surface area contributed by atoms with Crippen molar-refractivity contribution in [1.82, 2.24) is 4.98 Å². The minimum atomic E-state index is 0.605. The maximum atomic E-state index is 5.91. The molecule has 3 nitrogen and oxygen atoms in total. The van der Waals surface area contributed by atoms with Crippen LogP contribution in [0.5, 0.6) is 0 Å². The van der Waals surface area contributed by atoms with E-state index in [2.05, 4.69) is 16.8 Å². The number of hydrogen-bond acceptors (Lipinski definition) is 3. The highest BCUT2D eigenvalue weighted by molar-refractivity contribution is 5.66. The van der Waals surface area contributed by atoms with Crippen LogP contribution in [0.2, 0.25) is 0 Å². The Morgan fingerprint density at radius 3 is 3.07 bits per heavy atom. The largest absolute Gasteiger partial charge is 0.396 e. The molecule has 0 bridgehead atoms. The van der Waals surface area contributed by atoms with Crippen LogP contribution in [-0.4, -0.2) is 17.6 Å². The maximum absolute atomic E-state index is 5.91. The summed E-state index contributed by atoms with van der Waals surface area (Å²) in [6.45, 7) is 3.38. The first-order chi connectivity index (χ1) is 6.79. The summed E-state index contributed by atoms with van der Waals surface area (Å²) in [6.07, 6.45) is 7.42. The Bertz CT molecular complexity index is 311. The van der Waals surface area contributed by atoms with E-state index in [4.69, 9.17) is 5.73 Å². The van der Waals surface area contributed by atoms with Crippen molar-refractivity contribution in [2.24, 2.45) is 0 Å². The van der Waals surface area contributed by atoms with Gasteiger partial charge in [-0.3, -0.25) is 4.98 Å². The van der Waals surface area contributed by atoms with Gasteiger partial charge in [-0.05, 0) is 32.3 Å². The molecule has 0 unspecified atom stereocenters. The Hall–Kier alpha value is -1.25. The Balaban J connectivity index is 2.25. The van der Waals surface area contributed by atoms with Gasteiger partial charge in [-0.25, -0.2) is 0 Å². The van der Waals surface area contributed by atoms with Gasteiger partial charge < -0.3 is 10.6 Å². The molecule has 2 N–H and O–H groups in total. The fourth-order valence-corrected chi connectivity index (χ4v) is 2.12. The lowest BCUT2D eigenvalue weighted by atomic mass is 10.0. The molecule has 1 fully saturated rings. The van der Waals surface area contributed by atoms with E-state index in [-0.39, 0.29) is 0 Å². The molecule has 0 amide bonds. The third kappa shape index (κ3) is 1.67. The first kappa shape index (κ1) is 9.31. The second kappa shape index (κ2) is 3.86. The smallest absolute Gasteiger partial charge is 0.0738 e. The molecule has 14 heavy (non-hydrogen) atoms. The number of nitrogens with two attached hydrogens (primary N) is 1. The lowest BCUT2D eigenvalue weighted by Crippen LogP contribution is -2.37. The number of rotatable bonds is 1. The average molecular weight is 191 g/mol. The Morgan fingerprint density at radius 1 is 1.50 bits per heavy atom. The van der Waals surface area contributed by atoms with E-state index in [0.29, 0.717) is 6.04 Å². The molecule has 1 aromatic rings. The van der Waals surface area contributed by atoms with Crippen molar-refractivity contribution in [3.63, 3.8) is 0 Å². The van der Waals surface area contributed by atoms with Gasteiger partial charge in [0.2, 0.25) is 0 Å². The fourth-order valence-electron chi connectivity index (χ4n) is 2.12. The van der Waals surface area contributed by atoms with Crippen LogP contribution in [0.15, 0.2) is 18.5 Å². The van der Waals surface area contributed by atoms with Crippen molar-refractivity contribution in [3.8, 4) is 0 Å². The van der Waals surface area contributed by atoms with E-state index in [1.54, 1.807) is 6.20 Å². The zero-order valence-corrected chi connectivity index (χ0v) is 8.61. The van der Waals surface area contributed by atoms with Gasteiger partial charge >= 0.3 is 0 Å². The third-order valence-corrected chi connectivity index (χ3v) is 2.94. The van der Waals surface area contributed by atoms with E-state index < -0.39 is 0 Å². The van der Waals surface area contributed by atoms with Gasteiger partial charge in [0, 0.05) is 18.8 Å². The summed E-state index contributed by atoms with van der Waals surface area (Å²) in [5.74, 6) is 0. The first-order valence-corrected chi connectivity index (χ1v) is 5.25. The number of piperidine rings is 1. The van der Waals surface area contributed by atoms with Gasteiger partial charge in [-0.15, -0.1) is 0 Å². The lowest BCUT2D eigenvalue weighted by Gasteiger charge is -2.35. The maximum Gasteiger partial charge on any atom is 0.0738 e. The molecule has 1 aliphatic rings. The number of anilines is 2. The predicted molar refractivity (Wildman–Crippen MR) is 59.3 cm³/mol. The minimum absolute atomic E-state index is 0.605. The van der Waals surface area contributed by atoms with E-state index in [1.165, 1.54) is 19.3 Å². The summed E-state index contributed by atoms with van der Waals surface area (Å²) in [4.78, 5) is 6.40. The van der Waals surface area contributed by atoms with Gasteiger partial charge in [0.15, 0.2) is 0 Å². The van der Waals surface area contributed by atoms with Gasteiger partial charge in [-0.1, -0.05) is 0 Å². The SMILES string of the molecule is C[C@H]1CCCCN1c1ccncc1N. The van der Waals surface area contributed by atoms with Crippen LogP contribution in [0.3, 0.4) is 0 Å². The zero-order chi connectivity index (χ0) is 9.97. The number of hydrogen-bond donors (Lipinski definition) is 1. The van der Waals surface area contributed by atoms with Crippen LogP contribution in [-0.2, 0) is 0 Å². The molecule has 3 heteroatoms. The fraction of sp³-hybridized carbons (Fsp3) is 0.545. The topological polar surface area (TPSA) is 42.2 Å². The van der Waals surface area contributed by atoms with Crippen molar-refractivity contribution in [2.45, 2.75) is 32.2 Å². The molecule has 1 saturated heterocycles. The molecule has 0 aromatic carbocycles. The van der Waals surface area contributed by atoms with Crippen LogP contribution in [0.1, 0.15) is 26.2 Å². The van der Waals surface area contributed by atoms with Crippen LogP contribution in [0, 0.1) is 0 Å². The second-order valence-electron chi connectivity index (χ2n) is 3.97. The van der Waals surface area contributed by atoms with Crippen molar-refractivity contribution in [1.29, 1.82) is 0 Å². The van der Waals surface area contributed by atoms with Crippen LogP contribution in [0.25, 0.3) is 0 Å². The molecular weight excluding hydrogens is 174 g/mol. The van der Waals surface area contributed by atoms with Crippen molar-refractivity contribution >= 4 is 11.4 Å². The van der Waals surface area contributed by atoms with Crippen molar-refractivity contribution < 1.29 is 0 Å².